The number of pyridine rings is 1. The van der Waals surface area contributed by atoms with Crippen LogP contribution in [-0.4, -0.2) is 25.5 Å². The monoisotopic (exact) mass is 492 g/mol. The van der Waals surface area contributed by atoms with Gasteiger partial charge in [-0.25, -0.2) is 9.97 Å². The lowest BCUT2D eigenvalue weighted by Crippen LogP contribution is -2.22. The number of fused-ring (bicyclic) bond motifs is 2. The van der Waals surface area contributed by atoms with Gasteiger partial charge in [0.25, 0.3) is 11.1 Å². The first-order chi connectivity index (χ1) is 16.9. The molecule has 0 bridgehead atoms. The number of hydrogen-bond donors (Lipinski definition) is 0. The zero-order valence-corrected chi connectivity index (χ0v) is 19.2. The van der Waals surface area contributed by atoms with E-state index in [2.05, 4.69) is 14.7 Å². The van der Waals surface area contributed by atoms with Gasteiger partial charge in [-0.2, -0.15) is 8.78 Å². The first-order valence-corrected chi connectivity index (χ1v) is 11.6. The quantitative estimate of drug-likeness (QED) is 0.255. The van der Waals surface area contributed by atoms with E-state index in [4.69, 9.17) is 0 Å². The molecular formula is C25H18F2N4O3S. The van der Waals surface area contributed by atoms with Gasteiger partial charge in [0.1, 0.15) is 11.4 Å². The Morgan fingerprint density at radius 3 is 2.54 bits per heavy atom. The largest absolute Gasteiger partial charge is 0.435 e. The molecule has 0 N–H and O–H groups in total. The second-order valence-electron chi connectivity index (χ2n) is 7.73. The van der Waals surface area contributed by atoms with Crippen LogP contribution in [0.4, 0.5) is 8.78 Å². The van der Waals surface area contributed by atoms with E-state index >= 15 is 0 Å². The highest BCUT2D eigenvalue weighted by Crippen LogP contribution is 2.25. The molecule has 0 fully saturated rings. The van der Waals surface area contributed by atoms with Crippen molar-refractivity contribution in [3.05, 3.63) is 105 Å². The Morgan fingerprint density at radius 1 is 1.00 bits per heavy atom. The van der Waals surface area contributed by atoms with E-state index in [0.29, 0.717) is 33.1 Å². The molecule has 0 saturated heterocycles. The number of alkyl halides is 2. The molecule has 0 aliphatic rings. The molecule has 5 aromatic rings. The van der Waals surface area contributed by atoms with Crippen molar-refractivity contribution >= 4 is 28.3 Å². The number of para-hydroxylation sites is 1. The fourth-order valence-electron chi connectivity index (χ4n) is 3.68. The first-order valence-electron chi connectivity index (χ1n) is 10.6. The molecule has 0 unspecified atom stereocenters. The number of halogens is 2. The van der Waals surface area contributed by atoms with E-state index in [1.165, 1.54) is 51.1 Å². The van der Waals surface area contributed by atoms with Gasteiger partial charge in [0, 0.05) is 18.0 Å². The average Bonchev–Trinajstić information content (AvgIpc) is 2.84. The minimum atomic E-state index is -2.94. The molecule has 5 rings (SSSR count). The van der Waals surface area contributed by atoms with Gasteiger partial charge in [0.2, 0.25) is 0 Å². The van der Waals surface area contributed by atoms with E-state index < -0.39 is 6.61 Å². The number of aryl methyl sites for hydroxylation is 1. The zero-order chi connectivity index (χ0) is 24.5. The number of benzene rings is 2. The molecule has 176 valence electrons. The highest BCUT2D eigenvalue weighted by molar-refractivity contribution is 7.98. The normalized spacial score (nSPS) is 11.4. The molecule has 35 heavy (non-hydrogen) atoms. The van der Waals surface area contributed by atoms with Crippen molar-refractivity contribution in [3.63, 3.8) is 0 Å². The molecule has 0 aliphatic heterocycles. The maximum absolute atomic E-state index is 13.4. The summed E-state index contributed by atoms with van der Waals surface area (Å²) in [5.41, 5.74) is 2.47. The summed E-state index contributed by atoms with van der Waals surface area (Å²) in [6.07, 6.45) is 1.73. The van der Waals surface area contributed by atoms with Gasteiger partial charge in [0.15, 0.2) is 5.16 Å². The van der Waals surface area contributed by atoms with Crippen LogP contribution in [-0.2, 0) is 5.75 Å². The number of hydrogen-bond acceptors (Lipinski definition) is 6. The molecule has 0 radical (unpaired) electrons. The Morgan fingerprint density at radius 2 is 1.77 bits per heavy atom. The number of thioether (sulfide) groups is 1. The molecule has 3 heterocycles. The zero-order valence-electron chi connectivity index (χ0n) is 18.4. The van der Waals surface area contributed by atoms with Crippen LogP contribution in [0.15, 0.2) is 87.7 Å². The standard InChI is InChI=1S/C25H18F2N4O3S/c1-15-6-11-21-28-16(12-22(32)30(21)13-15)14-35-25-29-20-5-3-2-4-19(20)23(33)31(25)17-7-9-18(10-8-17)34-24(26)27/h2-13,24H,14H2,1H3. The minimum Gasteiger partial charge on any atom is -0.435 e. The van der Waals surface area contributed by atoms with E-state index in [1.807, 2.05) is 13.0 Å². The summed E-state index contributed by atoms with van der Waals surface area (Å²) in [6.45, 7) is -1.05. The SMILES string of the molecule is Cc1ccc2nc(CSc3nc4ccccc4c(=O)n3-c3ccc(OC(F)F)cc3)cc(=O)n2c1. The molecule has 10 heteroatoms. The molecule has 2 aromatic carbocycles. The third-order valence-electron chi connectivity index (χ3n) is 5.27. The number of aromatic nitrogens is 4. The van der Waals surface area contributed by atoms with Crippen LogP contribution in [0.2, 0.25) is 0 Å². The maximum atomic E-state index is 13.4. The van der Waals surface area contributed by atoms with Crippen molar-refractivity contribution in [3.8, 4) is 11.4 Å². The summed E-state index contributed by atoms with van der Waals surface area (Å²) in [4.78, 5) is 35.2. The van der Waals surface area contributed by atoms with E-state index in [1.54, 1.807) is 36.5 Å². The average molecular weight is 493 g/mol. The van der Waals surface area contributed by atoms with Crippen molar-refractivity contribution in [1.29, 1.82) is 0 Å². The number of nitrogens with zero attached hydrogens (tertiary/aromatic N) is 4. The van der Waals surface area contributed by atoms with Crippen LogP contribution in [0.3, 0.4) is 0 Å². The summed E-state index contributed by atoms with van der Waals surface area (Å²) >= 11 is 1.25. The van der Waals surface area contributed by atoms with Gasteiger partial charge in [0.05, 0.1) is 22.3 Å². The predicted molar refractivity (Wildman–Crippen MR) is 130 cm³/mol. The second kappa shape index (κ2) is 9.30. The topological polar surface area (TPSA) is 78.5 Å². The highest BCUT2D eigenvalue weighted by Gasteiger charge is 2.15. The van der Waals surface area contributed by atoms with Crippen molar-refractivity contribution in [1.82, 2.24) is 18.9 Å². The summed E-state index contributed by atoms with van der Waals surface area (Å²) in [6, 6.07) is 17.8. The van der Waals surface area contributed by atoms with E-state index in [-0.39, 0.29) is 22.6 Å². The van der Waals surface area contributed by atoms with Crippen molar-refractivity contribution in [2.45, 2.75) is 24.4 Å². The van der Waals surface area contributed by atoms with Crippen molar-refractivity contribution < 1.29 is 13.5 Å². The fourth-order valence-corrected chi connectivity index (χ4v) is 4.59. The minimum absolute atomic E-state index is 0.0178. The summed E-state index contributed by atoms with van der Waals surface area (Å²) in [5, 5.41) is 0.796. The van der Waals surface area contributed by atoms with Crippen LogP contribution in [0.1, 0.15) is 11.3 Å². The van der Waals surface area contributed by atoms with Crippen LogP contribution in [0, 0.1) is 6.92 Å². The lowest BCUT2D eigenvalue weighted by atomic mass is 10.2. The van der Waals surface area contributed by atoms with Gasteiger partial charge in [-0.3, -0.25) is 18.6 Å². The molecule has 0 saturated carbocycles. The van der Waals surface area contributed by atoms with Crippen molar-refractivity contribution in [2.24, 2.45) is 0 Å². The number of ether oxygens (including phenoxy) is 1. The molecule has 3 aromatic heterocycles. The molecule has 0 spiro atoms. The summed E-state index contributed by atoms with van der Waals surface area (Å²) in [5.74, 6) is 0.271. The molecular weight excluding hydrogens is 474 g/mol. The second-order valence-corrected chi connectivity index (χ2v) is 8.68. The third-order valence-corrected chi connectivity index (χ3v) is 6.25. The Kier molecular flexibility index (Phi) is 6.04. The molecule has 7 nitrogen and oxygen atoms in total. The number of rotatable bonds is 6. The lowest BCUT2D eigenvalue weighted by Gasteiger charge is -2.14. The Balaban J connectivity index is 1.55. The highest BCUT2D eigenvalue weighted by atomic mass is 32.2. The van der Waals surface area contributed by atoms with Gasteiger partial charge >= 0.3 is 6.61 Å². The van der Waals surface area contributed by atoms with Gasteiger partial charge in [-0.05, 0) is 55.0 Å². The van der Waals surface area contributed by atoms with Crippen LogP contribution in [0.5, 0.6) is 5.75 Å². The summed E-state index contributed by atoms with van der Waals surface area (Å²) in [7, 11) is 0. The molecule has 0 atom stereocenters. The van der Waals surface area contributed by atoms with Crippen LogP contribution < -0.4 is 15.9 Å². The third kappa shape index (κ3) is 4.65. The van der Waals surface area contributed by atoms with Crippen LogP contribution in [0.25, 0.3) is 22.2 Å². The first kappa shape index (κ1) is 22.7. The Labute approximate surface area is 201 Å². The van der Waals surface area contributed by atoms with Crippen molar-refractivity contribution in [2.75, 3.05) is 0 Å². The Hall–Kier alpha value is -4.05. The summed E-state index contributed by atoms with van der Waals surface area (Å²) < 4.78 is 32.4. The van der Waals surface area contributed by atoms with Gasteiger partial charge in [-0.15, -0.1) is 0 Å². The maximum Gasteiger partial charge on any atom is 0.387 e. The fraction of sp³-hybridized carbons (Fsp3) is 0.120. The van der Waals surface area contributed by atoms with E-state index in [0.717, 1.165) is 5.56 Å². The lowest BCUT2D eigenvalue weighted by molar-refractivity contribution is -0.0498. The molecule has 0 aliphatic carbocycles. The van der Waals surface area contributed by atoms with Gasteiger partial charge < -0.3 is 4.74 Å². The predicted octanol–water partition coefficient (Wildman–Crippen LogP) is 4.60. The molecule has 0 amide bonds. The van der Waals surface area contributed by atoms with Gasteiger partial charge in [-0.1, -0.05) is 30.0 Å². The Bertz CT molecular complexity index is 1670. The van der Waals surface area contributed by atoms with Crippen LogP contribution >= 0.6 is 11.8 Å². The smallest absolute Gasteiger partial charge is 0.387 e. The van der Waals surface area contributed by atoms with E-state index in [9.17, 15) is 18.4 Å².